The second-order valence-corrected chi connectivity index (χ2v) is 6.45. The van der Waals surface area contributed by atoms with Gasteiger partial charge in [0.05, 0.1) is 12.5 Å². The second kappa shape index (κ2) is 6.92. The third-order valence-electron chi connectivity index (χ3n) is 3.87. The number of carbonyl (C=O) groups excluding carboxylic acids is 1. The van der Waals surface area contributed by atoms with Gasteiger partial charge in [-0.2, -0.15) is 0 Å². The van der Waals surface area contributed by atoms with Crippen LogP contribution < -0.4 is 5.32 Å². The van der Waals surface area contributed by atoms with Crippen LogP contribution in [-0.2, 0) is 11.2 Å². The molecule has 0 radical (unpaired) electrons. The van der Waals surface area contributed by atoms with Crippen LogP contribution in [0.3, 0.4) is 0 Å². The summed E-state index contributed by atoms with van der Waals surface area (Å²) < 4.78 is 1.03. The molecule has 0 saturated heterocycles. The lowest BCUT2D eigenvalue weighted by Crippen LogP contribution is -2.28. The van der Waals surface area contributed by atoms with Gasteiger partial charge in [0.2, 0.25) is 5.91 Å². The smallest absolute Gasteiger partial charge is 0.224 e. The summed E-state index contributed by atoms with van der Waals surface area (Å²) in [4.78, 5) is 16.5. The van der Waals surface area contributed by atoms with E-state index in [0.717, 1.165) is 26.4 Å². The number of benzene rings is 2. The molecule has 0 spiro atoms. The van der Waals surface area contributed by atoms with E-state index in [0.29, 0.717) is 6.42 Å². The second-order valence-electron chi connectivity index (χ2n) is 5.53. The molecular weight excluding hydrogens is 352 g/mol. The van der Waals surface area contributed by atoms with Crippen molar-refractivity contribution in [2.24, 2.45) is 0 Å². The highest BCUT2D eigenvalue weighted by Crippen LogP contribution is 2.19. The molecule has 0 aliphatic heterocycles. The summed E-state index contributed by atoms with van der Waals surface area (Å²) in [5, 5.41) is 5.19. The van der Waals surface area contributed by atoms with Crippen molar-refractivity contribution >= 4 is 32.6 Å². The lowest BCUT2D eigenvalue weighted by atomic mass is 10.0. The van der Waals surface area contributed by atoms with Gasteiger partial charge in [0, 0.05) is 22.3 Å². The highest BCUT2D eigenvalue weighted by Gasteiger charge is 2.11. The monoisotopic (exact) mass is 368 g/mol. The number of amides is 1. The van der Waals surface area contributed by atoms with Crippen LogP contribution >= 0.6 is 15.9 Å². The standard InChI is InChI=1S/C19H17BrN2O/c1-13(14-5-7-17(20)8-6-14)22-19(23)11-15-3-2-4-16-12-21-10-9-18(15)16/h2-10,12-13H,11H2,1H3,(H,22,23). The van der Waals surface area contributed by atoms with Gasteiger partial charge in [-0.15, -0.1) is 0 Å². The number of pyridine rings is 1. The zero-order valence-electron chi connectivity index (χ0n) is 12.8. The molecule has 4 heteroatoms. The average Bonchev–Trinajstić information content (AvgIpc) is 2.55. The van der Waals surface area contributed by atoms with E-state index in [1.807, 2.05) is 61.7 Å². The highest BCUT2D eigenvalue weighted by atomic mass is 79.9. The van der Waals surface area contributed by atoms with Gasteiger partial charge in [0.25, 0.3) is 0 Å². The van der Waals surface area contributed by atoms with Gasteiger partial charge in [0.1, 0.15) is 0 Å². The number of nitrogens with zero attached hydrogens (tertiary/aromatic N) is 1. The Morgan fingerprint density at radius 3 is 2.74 bits per heavy atom. The van der Waals surface area contributed by atoms with Crippen LogP contribution in [0.1, 0.15) is 24.1 Å². The molecule has 1 amide bonds. The fourth-order valence-electron chi connectivity index (χ4n) is 2.64. The van der Waals surface area contributed by atoms with E-state index in [2.05, 4.69) is 26.2 Å². The van der Waals surface area contributed by atoms with E-state index in [4.69, 9.17) is 0 Å². The molecule has 3 rings (SSSR count). The molecule has 0 saturated carbocycles. The van der Waals surface area contributed by atoms with Crippen LogP contribution in [0.5, 0.6) is 0 Å². The molecule has 1 unspecified atom stereocenters. The minimum Gasteiger partial charge on any atom is -0.349 e. The molecule has 0 aliphatic rings. The van der Waals surface area contributed by atoms with Crippen molar-refractivity contribution in [3.8, 4) is 0 Å². The maximum atomic E-state index is 12.4. The van der Waals surface area contributed by atoms with Crippen molar-refractivity contribution in [1.29, 1.82) is 0 Å². The predicted octanol–water partition coefficient (Wildman–Crippen LogP) is 4.42. The van der Waals surface area contributed by atoms with E-state index >= 15 is 0 Å². The number of fused-ring (bicyclic) bond motifs is 1. The number of hydrogen-bond acceptors (Lipinski definition) is 2. The van der Waals surface area contributed by atoms with Crippen LogP contribution in [0, 0.1) is 0 Å². The number of nitrogens with one attached hydrogen (secondary N) is 1. The quantitative estimate of drug-likeness (QED) is 0.740. The number of halogens is 1. The Bertz CT molecular complexity index is 825. The van der Waals surface area contributed by atoms with Gasteiger partial charge in [-0.25, -0.2) is 0 Å². The normalized spacial score (nSPS) is 12.1. The van der Waals surface area contributed by atoms with Gasteiger partial charge in [-0.1, -0.05) is 46.3 Å². The molecule has 116 valence electrons. The van der Waals surface area contributed by atoms with Crippen molar-refractivity contribution in [1.82, 2.24) is 10.3 Å². The van der Waals surface area contributed by atoms with Crippen LogP contribution in [0.25, 0.3) is 10.8 Å². The maximum absolute atomic E-state index is 12.4. The Morgan fingerprint density at radius 1 is 1.17 bits per heavy atom. The fraction of sp³-hybridized carbons (Fsp3) is 0.158. The molecule has 3 aromatic rings. The molecule has 23 heavy (non-hydrogen) atoms. The van der Waals surface area contributed by atoms with Gasteiger partial charge in [0.15, 0.2) is 0 Å². The summed E-state index contributed by atoms with van der Waals surface area (Å²) in [6.07, 6.45) is 3.94. The van der Waals surface area contributed by atoms with E-state index in [1.54, 1.807) is 6.20 Å². The molecule has 1 atom stereocenters. The van der Waals surface area contributed by atoms with E-state index in [9.17, 15) is 4.79 Å². The largest absolute Gasteiger partial charge is 0.349 e. The SMILES string of the molecule is CC(NC(=O)Cc1cccc2cnccc12)c1ccc(Br)cc1. The average molecular weight is 369 g/mol. The molecule has 0 aliphatic carbocycles. The highest BCUT2D eigenvalue weighted by molar-refractivity contribution is 9.10. The summed E-state index contributed by atoms with van der Waals surface area (Å²) in [6, 6.07) is 15.9. The molecule has 0 bridgehead atoms. The molecule has 1 aromatic heterocycles. The van der Waals surface area contributed by atoms with Crippen LogP contribution in [0.4, 0.5) is 0 Å². The zero-order valence-corrected chi connectivity index (χ0v) is 14.4. The molecule has 3 nitrogen and oxygen atoms in total. The first-order chi connectivity index (χ1) is 11.1. The Kier molecular flexibility index (Phi) is 4.72. The first-order valence-corrected chi connectivity index (χ1v) is 8.29. The Morgan fingerprint density at radius 2 is 1.96 bits per heavy atom. The van der Waals surface area contributed by atoms with Gasteiger partial charge in [-0.05, 0) is 41.6 Å². The lowest BCUT2D eigenvalue weighted by Gasteiger charge is -2.15. The van der Waals surface area contributed by atoms with Crippen LogP contribution in [0.15, 0.2) is 65.4 Å². The first-order valence-electron chi connectivity index (χ1n) is 7.50. The molecule has 1 heterocycles. The third kappa shape index (κ3) is 3.77. The Hall–Kier alpha value is -2.20. The summed E-state index contributed by atoms with van der Waals surface area (Å²) >= 11 is 3.42. The van der Waals surface area contributed by atoms with Crippen LogP contribution in [-0.4, -0.2) is 10.9 Å². The summed E-state index contributed by atoms with van der Waals surface area (Å²) in [7, 11) is 0. The minimum absolute atomic E-state index is 0.0183. The van der Waals surface area contributed by atoms with Crippen molar-refractivity contribution in [3.05, 3.63) is 76.5 Å². The number of carbonyl (C=O) groups is 1. The van der Waals surface area contributed by atoms with E-state index < -0.39 is 0 Å². The Labute approximate surface area is 143 Å². The number of rotatable bonds is 4. The van der Waals surface area contributed by atoms with E-state index in [-0.39, 0.29) is 11.9 Å². The zero-order chi connectivity index (χ0) is 16.2. The van der Waals surface area contributed by atoms with Crippen LogP contribution in [0.2, 0.25) is 0 Å². The maximum Gasteiger partial charge on any atom is 0.224 e. The van der Waals surface area contributed by atoms with Crippen molar-refractivity contribution < 1.29 is 4.79 Å². The minimum atomic E-state index is -0.0211. The predicted molar refractivity (Wildman–Crippen MR) is 96.1 cm³/mol. The number of aromatic nitrogens is 1. The summed E-state index contributed by atoms with van der Waals surface area (Å²) in [6.45, 7) is 1.99. The van der Waals surface area contributed by atoms with Gasteiger partial charge in [-0.3, -0.25) is 9.78 Å². The summed E-state index contributed by atoms with van der Waals surface area (Å²) in [5.74, 6) is 0.0183. The first kappa shape index (κ1) is 15.7. The lowest BCUT2D eigenvalue weighted by molar-refractivity contribution is -0.121. The number of hydrogen-bond donors (Lipinski definition) is 1. The fourth-order valence-corrected chi connectivity index (χ4v) is 2.91. The van der Waals surface area contributed by atoms with Gasteiger partial charge >= 0.3 is 0 Å². The molecule has 2 aromatic carbocycles. The third-order valence-corrected chi connectivity index (χ3v) is 4.40. The van der Waals surface area contributed by atoms with E-state index in [1.165, 1.54) is 0 Å². The van der Waals surface area contributed by atoms with Crippen molar-refractivity contribution in [2.75, 3.05) is 0 Å². The van der Waals surface area contributed by atoms with Crippen molar-refractivity contribution in [2.45, 2.75) is 19.4 Å². The van der Waals surface area contributed by atoms with Crippen molar-refractivity contribution in [3.63, 3.8) is 0 Å². The molecular formula is C19H17BrN2O. The van der Waals surface area contributed by atoms with Gasteiger partial charge < -0.3 is 5.32 Å². The molecule has 1 N–H and O–H groups in total. The summed E-state index contributed by atoms with van der Waals surface area (Å²) in [5.41, 5.74) is 2.11. The topological polar surface area (TPSA) is 42.0 Å². The Balaban J connectivity index is 1.72. The molecule has 0 fully saturated rings.